The summed E-state index contributed by atoms with van der Waals surface area (Å²) in [6.07, 6.45) is 6.77. The Bertz CT molecular complexity index is 963. The molecule has 3 heterocycles. The van der Waals surface area contributed by atoms with E-state index in [1.165, 1.54) is 0 Å². The molecule has 0 spiro atoms. The Balaban J connectivity index is 1.46. The monoisotopic (exact) mass is 390 g/mol. The van der Waals surface area contributed by atoms with Crippen LogP contribution in [-0.2, 0) is 0 Å². The number of likely N-dealkylation sites (tertiary alicyclic amines) is 1. The standard InChI is InChI=1S/C22H22N4O3/c1-28-20-10-9-16(12-24-20)22(27)26-11-5-6-17(15-26)19-13-23-14-21(25-19)29-18-7-3-2-4-8-18/h2-4,7-10,12-14,17H,5-6,11,15H2,1H3/t17-/m0/s1. The van der Waals surface area contributed by atoms with Gasteiger partial charge in [0.25, 0.3) is 5.91 Å². The Morgan fingerprint density at radius 2 is 1.93 bits per heavy atom. The van der Waals surface area contributed by atoms with Gasteiger partial charge in [0.15, 0.2) is 0 Å². The summed E-state index contributed by atoms with van der Waals surface area (Å²) in [6, 6.07) is 12.9. The molecule has 0 radical (unpaired) electrons. The van der Waals surface area contributed by atoms with Crippen LogP contribution in [0, 0.1) is 0 Å². The smallest absolute Gasteiger partial charge is 0.255 e. The number of piperidine rings is 1. The van der Waals surface area contributed by atoms with Gasteiger partial charge in [0.1, 0.15) is 5.75 Å². The average molecular weight is 390 g/mol. The van der Waals surface area contributed by atoms with E-state index in [-0.39, 0.29) is 11.8 Å². The Labute approximate surface area is 169 Å². The molecule has 4 rings (SSSR count). The van der Waals surface area contributed by atoms with Gasteiger partial charge >= 0.3 is 0 Å². The van der Waals surface area contributed by atoms with Gasteiger partial charge in [-0.05, 0) is 31.0 Å². The largest absolute Gasteiger partial charge is 0.481 e. The summed E-state index contributed by atoms with van der Waals surface area (Å²) >= 11 is 0. The van der Waals surface area contributed by atoms with E-state index in [0.717, 1.165) is 25.1 Å². The molecule has 29 heavy (non-hydrogen) atoms. The van der Waals surface area contributed by atoms with Gasteiger partial charge in [-0.1, -0.05) is 18.2 Å². The summed E-state index contributed by atoms with van der Waals surface area (Å²) < 4.78 is 10.9. The maximum Gasteiger partial charge on any atom is 0.255 e. The van der Waals surface area contributed by atoms with Crippen molar-refractivity contribution >= 4 is 5.91 Å². The molecule has 0 bridgehead atoms. The second kappa shape index (κ2) is 8.68. The number of aromatic nitrogens is 3. The quantitative estimate of drug-likeness (QED) is 0.661. The molecule has 7 nitrogen and oxygen atoms in total. The molecule has 1 fully saturated rings. The number of nitrogens with zero attached hydrogens (tertiary/aromatic N) is 4. The predicted octanol–water partition coefficient (Wildman–Crippen LogP) is 3.69. The fourth-order valence-electron chi connectivity index (χ4n) is 3.43. The Morgan fingerprint density at radius 1 is 1.07 bits per heavy atom. The van der Waals surface area contributed by atoms with Crippen molar-refractivity contribution in [3.8, 4) is 17.5 Å². The number of para-hydroxylation sites is 1. The number of methoxy groups -OCH3 is 1. The van der Waals surface area contributed by atoms with Crippen molar-refractivity contribution in [3.63, 3.8) is 0 Å². The first-order valence-corrected chi connectivity index (χ1v) is 9.57. The number of pyridine rings is 1. The van der Waals surface area contributed by atoms with Crippen molar-refractivity contribution < 1.29 is 14.3 Å². The lowest BCUT2D eigenvalue weighted by molar-refractivity contribution is 0.0705. The molecule has 1 aromatic carbocycles. The zero-order chi connectivity index (χ0) is 20.1. The van der Waals surface area contributed by atoms with Crippen molar-refractivity contribution in [1.82, 2.24) is 19.9 Å². The molecule has 0 saturated carbocycles. The Kier molecular flexibility index (Phi) is 5.65. The van der Waals surface area contributed by atoms with Crippen LogP contribution >= 0.6 is 0 Å². The molecule has 0 unspecified atom stereocenters. The third-order valence-electron chi connectivity index (χ3n) is 4.92. The van der Waals surface area contributed by atoms with Crippen LogP contribution in [0.5, 0.6) is 17.5 Å². The molecule has 1 saturated heterocycles. The number of benzene rings is 1. The van der Waals surface area contributed by atoms with Crippen LogP contribution in [0.15, 0.2) is 61.1 Å². The number of amides is 1. The highest BCUT2D eigenvalue weighted by molar-refractivity contribution is 5.94. The van der Waals surface area contributed by atoms with Crippen LogP contribution in [0.2, 0.25) is 0 Å². The highest BCUT2D eigenvalue weighted by Crippen LogP contribution is 2.28. The van der Waals surface area contributed by atoms with Gasteiger partial charge in [-0.15, -0.1) is 0 Å². The molecular formula is C22H22N4O3. The Hall–Kier alpha value is -3.48. The van der Waals surface area contributed by atoms with Crippen molar-refractivity contribution in [2.45, 2.75) is 18.8 Å². The van der Waals surface area contributed by atoms with Crippen molar-refractivity contribution in [1.29, 1.82) is 0 Å². The summed E-state index contributed by atoms with van der Waals surface area (Å²) in [4.78, 5) is 27.8. The third kappa shape index (κ3) is 4.51. The number of carbonyl (C=O) groups is 1. The van der Waals surface area contributed by atoms with E-state index < -0.39 is 0 Å². The number of carbonyl (C=O) groups excluding carboxylic acids is 1. The maximum atomic E-state index is 12.9. The van der Waals surface area contributed by atoms with E-state index in [4.69, 9.17) is 9.47 Å². The SMILES string of the molecule is COc1ccc(C(=O)N2CCC[C@H](c3cncc(Oc4ccccc4)n3)C2)cn1. The topological polar surface area (TPSA) is 77.4 Å². The second-order valence-electron chi connectivity index (χ2n) is 6.88. The lowest BCUT2D eigenvalue weighted by Crippen LogP contribution is -2.39. The van der Waals surface area contributed by atoms with E-state index >= 15 is 0 Å². The summed E-state index contributed by atoms with van der Waals surface area (Å²) in [6.45, 7) is 1.31. The lowest BCUT2D eigenvalue weighted by Gasteiger charge is -2.32. The van der Waals surface area contributed by atoms with Gasteiger partial charge in [-0.25, -0.2) is 9.97 Å². The lowest BCUT2D eigenvalue weighted by atomic mass is 9.94. The van der Waals surface area contributed by atoms with Gasteiger partial charge in [-0.2, -0.15) is 0 Å². The van der Waals surface area contributed by atoms with Crippen molar-refractivity contribution in [2.75, 3.05) is 20.2 Å². The molecular weight excluding hydrogens is 368 g/mol. The average Bonchev–Trinajstić information content (AvgIpc) is 2.79. The highest BCUT2D eigenvalue weighted by atomic mass is 16.5. The molecule has 0 aliphatic carbocycles. The van der Waals surface area contributed by atoms with Crippen LogP contribution < -0.4 is 9.47 Å². The molecule has 1 atom stereocenters. The number of hydrogen-bond donors (Lipinski definition) is 0. The summed E-state index contributed by atoms with van der Waals surface area (Å²) in [5.41, 5.74) is 1.39. The molecule has 3 aromatic rings. The number of ether oxygens (including phenoxy) is 2. The predicted molar refractivity (Wildman–Crippen MR) is 107 cm³/mol. The second-order valence-corrected chi connectivity index (χ2v) is 6.88. The van der Waals surface area contributed by atoms with Gasteiger partial charge < -0.3 is 14.4 Å². The number of hydrogen-bond acceptors (Lipinski definition) is 6. The summed E-state index contributed by atoms with van der Waals surface area (Å²) in [5, 5.41) is 0. The highest BCUT2D eigenvalue weighted by Gasteiger charge is 2.27. The fraction of sp³-hybridized carbons (Fsp3) is 0.273. The van der Waals surface area contributed by atoms with Gasteiger partial charge in [0.2, 0.25) is 11.8 Å². The van der Waals surface area contributed by atoms with Crippen LogP contribution in [0.25, 0.3) is 0 Å². The minimum atomic E-state index is -0.0329. The molecule has 1 amide bonds. The van der Waals surface area contributed by atoms with Crippen LogP contribution in [0.3, 0.4) is 0 Å². The van der Waals surface area contributed by atoms with Gasteiger partial charge in [0, 0.05) is 37.5 Å². The van der Waals surface area contributed by atoms with Crippen LogP contribution in [0.1, 0.15) is 34.8 Å². The number of rotatable bonds is 5. The van der Waals surface area contributed by atoms with E-state index in [1.807, 2.05) is 35.2 Å². The third-order valence-corrected chi connectivity index (χ3v) is 4.92. The van der Waals surface area contributed by atoms with Crippen LogP contribution in [0.4, 0.5) is 0 Å². The maximum absolute atomic E-state index is 12.9. The van der Waals surface area contributed by atoms with E-state index in [2.05, 4.69) is 15.0 Å². The molecule has 7 heteroatoms. The minimum Gasteiger partial charge on any atom is -0.481 e. The fourth-order valence-corrected chi connectivity index (χ4v) is 3.43. The van der Waals surface area contributed by atoms with Crippen molar-refractivity contribution in [3.05, 3.63) is 72.3 Å². The van der Waals surface area contributed by atoms with Gasteiger partial charge in [-0.3, -0.25) is 9.78 Å². The van der Waals surface area contributed by atoms with Gasteiger partial charge in [0.05, 0.1) is 24.6 Å². The zero-order valence-corrected chi connectivity index (χ0v) is 16.2. The molecule has 2 aromatic heterocycles. The first kappa shape index (κ1) is 18.9. The zero-order valence-electron chi connectivity index (χ0n) is 16.2. The first-order valence-electron chi connectivity index (χ1n) is 9.57. The molecule has 0 N–H and O–H groups in total. The van der Waals surface area contributed by atoms with E-state index in [1.54, 1.807) is 37.8 Å². The van der Waals surface area contributed by atoms with Crippen molar-refractivity contribution in [2.24, 2.45) is 0 Å². The normalized spacial score (nSPS) is 16.3. The van der Waals surface area contributed by atoms with E-state index in [9.17, 15) is 4.79 Å². The van der Waals surface area contributed by atoms with E-state index in [0.29, 0.717) is 29.6 Å². The molecule has 1 aliphatic rings. The summed E-state index contributed by atoms with van der Waals surface area (Å²) in [5.74, 6) is 1.74. The van der Waals surface area contributed by atoms with Crippen LogP contribution in [-0.4, -0.2) is 46.0 Å². The Morgan fingerprint density at radius 3 is 2.69 bits per heavy atom. The minimum absolute atomic E-state index is 0.0329. The first-order chi connectivity index (χ1) is 14.2. The molecule has 148 valence electrons. The summed E-state index contributed by atoms with van der Waals surface area (Å²) in [7, 11) is 1.55. The molecule has 1 aliphatic heterocycles.